The Morgan fingerprint density at radius 2 is 1.53 bits per heavy atom. The molecule has 1 aliphatic heterocycles. The fraction of sp³-hybridized carbons (Fsp3) is 0.300. The summed E-state index contributed by atoms with van der Waals surface area (Å²) in [6, 6.07) is 23.3. The average molecular weight is 477 g/mol. The van der Waals surface area contributed by atoms with Crippen molar-refractivity contribution in [2.45, 2.75) is 32.7 Å². The Balaban J connectivity index is 1.17. The van der Waals surface area contributed by atoms with Gasteiger partial charge in [-0.2, -0.15) is 0 Å². The Morgan fingerprint density at radius 1 is 0.778 bits per heavy atom. The maximum Gasteiger partial charge on any atom is 0.139 e. The van der Waals surface area contributed by atoms with Gasteiger partial charge in [-0.05, 0) is 35.2 Å². The van der Waals surface area contributed by atoms with Crippen LogP contribution in [0.25, 0.3) is 27.9 Å². The van der Waals surface area contributed by atoms with Crippen LogP contribution in [-0.2, 0) is 12.0 Å². The third-order valence-corrected chi connectivity index (χ3v) is 7.10. The maximum absolute atomic E-state index is 4.94. The molecule has 3 aromatic heterocycles. The number of para-hydroxylation sites is 2. The van der Waals surface area contributed by atoms with Gasteiger partial charge in [0, 0.05) is 44.5 Å². The van der Waals surface area contributed by atoms with Crippen molar-refractivity contribution in [2.75, 3.05) is 31.1 Å². The van der Waals surface area contributed by atoms with E-state index in [2.05, 4.69) is 88.6 Å². The number of aromatic nitrogens is 4. The van der Waals surface area contributed by atoms with E-state index in [9.17, 15) is 0 Å². The molecule has 6 nitrogen and oxygen atoms in total. The topological polar surface area (TPSA) is 49.6 Å². The summed E-state index contributed by atoms with van der Waals surface area (Å²) in [5, 5.41) is 0. The molecule has 6 heteroatoms. The SMILES string of the molecule is CC(C)(C)c1ccc(-c2cn3c(N4CCN(Cc5cnc6ccccc6n5)CC4)cccc3n2)cc1. The van der Waals surface area contributed by atoms with Crippen molar-refractivity contribution in [2.24, 2.45) is 0 Å². The van der Waals surface area contributed by atoms with Gasteiger partial charge in [-0.3, -0.25) is 14.3 Å². The predicted octanol–water partition coefficient (Wildman–Crippen LogP) is 5.56. The summed E-state index contributed by atoms with van der Waals surface area (Å²) in [4.78, 5) is 19.2. The molecule has 2 aromatic carbocycles. The second-order valence-electron chi connectivity index (χ2n) is 10.7. The summed E-state index contributed by atoms with van der Waals surface area (Å²) in [5.74, 6) is 1.20. The molecule has 6 rings (SSSR count). The standard InChI is InChI=1S/C30H32N6/c1-30(2,3)23-13-11-22(12-14-23)27-21-36-28(33-27)9-6-10-29(36)35-17-15-34(16-18-35)20-24-19-31-25-7-4-5-8-26(25)32-24/h4-14,19,21H,15-18,20H2,1-3H3. The van der Waals surface area contributed by atoms with Gasteiger partial charge in [-0.15, -0.1) is 0 Å². The lowest BCUT2D eigenvalue weighted by Crippen LogP contribution is -2.46. The minimum Gasteiger partial charge on any atom is -0.355 e. The number of hydrogen-bond acceptors (Lipinski definition) is 5. The highest BCUT2D eigenvalue weighted by Crippen LogP contribution is 2.28. The first-order valence-corrected chi connectivity index (χ1v) is 12.7. The molecule has 0 bridgehead atoms. The average Bonchev–Trinajstić information content (AvgIpc) is 3.33. The van der Waals surface area contributed by atoms with E-state index >= 15 is 0 Å². The first-order chi connectivity index (χ1) is 17.4. The van der Waals surface area contributed by atoms with Crippen molar-refractivity contribution in [3.8, 4) is 11.3 Å². The molecule has 0 aliphatic carbocycles. The maximum atomic E-state index is 4.94. The van der Waals surface area contributed by atoms with E-state index < -0.39 is 0 Å². The van der Waals surface area contributed by atoms with Gasteiger partial charge < -0.3 is 4.90 Å². The van der Waals surface area contributed by atoms with E-state index in [4.69, 9.17) is 9.97 Å². The van der Waals surface area contributed by atoms with Crippen LogP contribution >= 0.6 is 0 Å². The van der Waals surface area contributed by atoms with Gasteiger partial charge >= 0.3 is 0 Å². The Labute approximate surface area is 212 Å². The Bertz CT molecular complexity index is 1500. The molecule has 0 N–H and O–H groups in total. The van der Waals surface area contributed by atoms with E-state index in [1.165, 1.54) is 11.4 Å². The summed E-state index contributed by atoms with van der Waals surface area (Å²) in [5.41, 5.74) is 7.57. The van der Waals surface area contributed by atoms with Crippen molar-refractivity contribution in [3.05, 3.63) is 90.4 Å². The number of rotatable bonds is 4. The second-order valence-corrected chi connectivity index (χ2v) is 10.7. The van der Waals surface area contributed by atoms with E-state index in [0.717, 1.165) is 66.4 Å². The largest absolute Gasteiger partial charge is 0.355 e. The molecular weight excluding hydrogens is 444 g/mol. The van der Waals surface area contributed by atoms with Gasteiger partial charge in [0.05, 0.1) is 28.6 Å². The van der Waals surface area contributed by atoms with Gasteiger partial charge in [0.1, 0.15) is 11.5 Å². The number of nitrogens with zero attached hydrogens (tertiary/aromatic N) is 6. The highest BCUT2D eigenvalue weighted by atomic mass is 15.3. The Kier molecular flexibility index (Phi) is 5.69. The molecule has 36 heavy (non-hydrogen) atoms. The highest BCUT2D eigenvalue weighted by Gasteiger charge is 2.20. The van der Waals surface area contributed by atoms with Gasteiger partial charge in [0.15, 0.2) is 0 Å². The number of pyridine rings is 1. The molecule has 0 radical (unpaired) electrons. The van der Waals surface area contributed by atoms with Gasteiger partial charge in [0.25, 0.3) is 0 Å². The van der Waals surface area contributed by atoms with Crippen LogP contribution in [-0.4, -0.2) is 50.4 Å². The number of piperazine rings is 1. The van der Waals surface area contributed by atoms with E-state index in [0.29, 0.717) is 0 Å². The molecule has 0 saturated carbocycles. The number of anilines is 1. The Hall–Kier alpha value is -3.77. The molecule has 0 atom stereocenters. The van der Waals surface area contributed by atoms with Crippen LogP contribution in [0.2, 0.25) is 0 Å². The Morgan fingerprint density at radius 3 is 2.28 bits per heavy atom. The molecular formula is C30H32N6. The van der Waals surface area contributed by atoms with Gasteiger partial charge in [-0.1, -0.05) is 63.2 Å². The second kappa shape index (κ2) is 9.03. The first-order valence-electron chi connectivity index (χ1n) is 12.7. The zero-order valence-corrected chi connectivity index (χ0v) is 21.2. The fourth-order valence-corrected chi connectivity index (χ4v) is 4.97. The van der Waals surface area contributed by atoms with Gasteiger partial charge in [-0.25, -0.2) is 9.97 Å². The summed E-state index contributed by atoms with van der Waals surface area (Å²) < 4.78 is 2.23. The smallest absolute Gasteiger partial charge is 0.139 e. The van der Waals surface area contributed by atoms with Crippen LogP contribution in [0.3, 0.4) is 0 Å². The van der Waals surface area contributed by atoms with E-state index in [1.54, 1.807) is 0 Å². The van der Waals surface area contributed by atoms with Crippen molar-refractivity contribution in [1.29, 1.82) is 0 Å². The molecule has 1 aliphatic rings. The highest BCUT2D eigenvalue weighted by molar-refractivity contribution is 5.73. The summed E-state index contributed by atoms with van der Waals surface area (Å²) in [7, 11) is 0. The molecule has 0 unspecified atom stereocenters. The number of hydrogen-bond donors (Lipinski definition) is 0. The van der Waals surface area contributed by atoms with Crippen LogP contribution in [0.4, 0.5) is 5.82 Å². The van der Waals surface area contributed by atoms with Crippen LogP contribution in [0.5, 0.6) is 0 Å². The van der Waals surface area contributed by atoms with Crippen LogP contribution in [0, 0.1) is 0 Å². The van der Waals surface area contributed by atoms with Crippen molar-refractivity contribution in [3.63, 3.8) is 0 Å². The third kappa shape index (κ3) is 4.44. The van der Waals surface area contributed by atoms with Crippen molar-refractivity contribution < 1.29 is 0 Å². The molecule has 1 fully saturated rings. The molecule has 0 spiro atoms. The van der Waals surface area contributed by atoms with Crippen molar-refractivity contribution >= 4 is 22.5 Å². The number of benzene rings is 2. The summed E-state index contributed by atoms with van der Waals surface area (Å²) >= 11 is 0. The molecule has 4 heterocycles. The fourth-order valence-electron chi connectivity index (χ4n) is 4.97. The molecule has 5 aromatic rings. The lowest BCUT2D eigenvalue weighted by atomic mass is 9.86. The van der Waals surface area contributed by atoms with Crippen molar-refractivity contribution in [1.82, 2.24) is 24.3 Å². The van der Waals surface area contributed by atoms with E-state index in [-0.39, 0.29) is 5.41 Å². The first kappa shape index (κ1) is 22.7. The monoisotopic (exact) mass is 476 g/mol. The molecule has 0 amide bonds. The quantitative estimate of drug-likeness (QED) is 0.340. The van der Waals surface area contributed by atoms with Crippen LogP contribution in [0.15, 0.2) is 79.1 Å². The summed E-state index contributed by atoms with van der Waals surface area (Å²) in [6.07, 6.45) is 4.09. The lowest BCUT2D eigenvalue weighted by molar-refractivity contribution is 0.246. The lowest BCUT2D eigenvalue weighted by Gasteiger charge is -2.36. The molecule has 182 valence electrons. The zero-order valence-electron chi connectivity index (χ0n) is 21.2. The third-order valence-electron chi connectivity index (χ3n) is 7.10. The number of fused-ring (bicyclic) bond motifs is 2. The minimum absolute atomic E-state index is 0.146. The van der Waals surface area contributed by atoms with Crippen LogP contribution in [0.1, 0.15) is 32.0 Å². The minimum atomic E-state index is 0.146. The zero-order chi connectivity index (χ0) is 24.7. The van der Waals surface area contributed by atoms with E-state index in [1.807, 2.05) is 30.5 Å². The normalized spacial score (nSPS) is 15.1. The molecule has 1 saturated heterocycles. The van der Waals surface area contributed by atoms with Gasteiger partial charge in [0.2, 0.25) is 0 Å². The summed E-state index contributed by atoms with van der Waals surface area (Å²) in [6.45, 7) is 11.5. The van der Waals surface area contributed by atoms with Crippen LogP contribution < -0.4 is 4.90 Å². The predicted molar refractivity (Wildman–Crippen MR) is 146 cm³/mol. The number of imidazole rings is 1.